The Hall–Kier alpha value is -1.92. The van der Waals surface area contributed by atoms with Crippen molar-refractivity contribution in [2.24, 2.45) is 0 Å². The fraction of sp³-hybridized carbons (Fsp3) is 0.444. The summed E-state index contributed by atoms with van der Waals surface area (Å²) in [6.07, 6.45) is 2.52. The summed E-state index contributed by atoms with van der Waals surface area (Å²) in [5.74, 6) is -0.0487. The highest BCUT2D eigenvalue weighted by atomic mass is 32.1. The fourth-order valence-electron chi connectivity index (χ4n) is 2.91. The maximum atomic E-state index is 12.4. The number of anilines is 2. The third-order valence-electron chi connectivity index (χ3n) is 4.23. The number of amides is 1. The minimum absolute atomic E-state index is 0.0487. The zero-order valence-electron chi connectivity index (χ0n) is 13.9. The summed E-state index contributed by atoms with van der Waals surface area (Å²) in [4.78, 5) is 19.0. The lowest BCUT2D eigenvalue weighted by Crippen LogP contribution is -2.36. The number of nitrogens with zero attached hydrogens (tertiary/aromatic N) is 2. The first kappa shape index (κ1) is 16.9. The number of nitrogens with one attached hydrogen (secondary N) is 1. The number of benzene rings is 1. The van der Waals surface area contributed by atoms with Gasteiger partial charge in [0, 0.05) is 18.5 Å². The number of hydrogen-bond acceptors (Lipinski definition) is 5. The highest BCUT2D eigenvalue weighted by molar-refractivity contribution is 7.09. The number of aliphatic hydroxyl groups excluding tert-OH is 1. The molecule has 1 fully saturated rings. The Kier molecular flexibility index (Phi) is 5.48. The number of aliphatic hydroxyl groups is 1. The molecule has 128 valence electrons. The predicted molar refractivity (Wildman–Crippen MR) is 97.7 cm³/mol. The molecule has 0 atom stereocenters. The highest BCUT2D eigenvalue weighted by Crippen LogP contribution is 2.28. The molecule has 1 aliphatic heterocycles. The number of aryl methyl sites for hydroxylation is 1. The van der Waals surface area contributed by atoms with Crippen LogP contribution < -0.4 is 10.2 Å². The summed E-state index contributed by atoms with van der Waals surface area (Å²) < 4.78 is 0. The number of thiazole rings is 1. The molecule has 0 bridgehead atoms. The summed E-state index contributed by atoms with van der Waals surface area (Å²) in [5.41, 5.74) is 2.67. The van der Waals surface area contributed by atoms with Crippen molar-refractivity contribution < 1.29 is 9.90 Å². The quantitative estimate of drug-likeness (QED) is 0.874. The lowest BCUT2D eigenvalue weighted by atomic mass is 10.1. The van der Waals surface area contributed by atoms with E-state index in [1.807, 2.05) is 29.6 Å². The van der Waals surface area contributed by atoms with Crippen molar-refractivity contribution in [1.82, 2.24) is 4.98 Å². The molecule has 0 aliphatic carbocycles. The van der Waals surface area contributed by atoms with Crippen molar-refractivity contribution in [3.05, 3.63) is 40.3 Å². The molecule has 2 heterocycles. The third-order valence-corrected chi connectivity index (χ3v) is 5.27. The van der Waals surface area contributed by atoms with Gasteiger partial charge >= 0.3 is 0 Å². The van der Waals surface area contributed by atoms with E-state index in [0.717, 1.165) is 54.4 Å². The molecule has 0 spiro atoms. The molecule has 0 radical (unpaired) electrons. The van der Waals surface area contributed by atoms with Gasteiger partial charge in [-0.25, -0.2) is 4.98 Å². The van der Waals surface area contributed by atoms with Crippen molar-refractivity contribution in [1.29, 1.82) is 0 Å². The van der Waals surface area contributed by atoms with E-state index in [4.69, 9.17) is 0 Å². The highest BCUT2D eigenvalue weighted by Gasteiger charge is 2.20. The lowest BCUT2D eigenvalue weighted by Gasteiger charge is -2.32. The molecule has 2 N–H and O–H groups in total. The van der Waals surface area contributed by atoms with Crippen LogP contribution in [0.3, 0.4) is 0 Å². The van der Waals surface area contributed by atoms with Gasteiger partial charge in [-0.05, 0) is 31.4 Å². The topological polar surface area (TPSA) is 65.5 Å². The largest absolute Gasteiger partial charge is 0.393 e. The van der Waals surface area contributed by atoms with Crippen LogP contribution in [0.5, 0.6) is 0 Å². The van der Waals surface area contributed by atoms with E-state index < -0.39 is 0 Å². The number of piperidine rings is 1. The molecule has 24 heavy (non-hydrogen) atoms. The van der Waals surface area contributed by atoms with Crippen LogP contribution in [0.15, 0.2) is 29.6 Å². The normalized spacial score (nSPS) is 15.5. The van der Waals surface area contributed by atoms with Crippen molar-refractivity contribution >= 4 is 28.6 Å². The molecule has 1 aromatic carbocycles. The van der Waals surface area contributed by atoms with Crippen LogP contribution in [0.4, 0.5) is 11.4 Å². The van der Waals surface area contributed by atoms with Crippen LogP contribution in [0.1, 0.15) is 30.5 Å². The van der Waals surface area contributed by atoms with Gasteiger partial charge in [-0.2, -0.15) is 0 Å². The summed E-state index contributed by atoms with van der Waals surface area (Å²) in [6, 6.07) is 7.85. The maximum Gasteiger partial charge on any atom is 0.230 e. The lowest BCUT2D eigenvalue weighted by molar-refractivity contribution is -0.115. The van der Waals surface area contributed by atoms with E-state index in [0.29, 0.717) is 6.42 Å². The van der Waals surface area contributed by atoms with Crippen molar-refractivity contribution in [2.45, 2.75) is 38.7 Å². The minimum Gasteiger partial charge on any atom is -0.393 e. The van der Waals surface area contributed by atoms with Crippen LogP contribution in [0, 0.1) is 0 Å². The molecule has 5 nitrogen and oxygen atoms in total. The van der Waals surface area contributed by atoms with Gasteiger partial charge in [0.2, 0.25) is 5.91 Å². The van der Waals surface area contributed by atoms with Crippen molar-refractivity contribution in [3.63, 3.8) is 0 Å². The molecule has 1 amide bonds. The monoisotopic (exact) mass is 345 g/mol. The zero-order valence-corrected chi connectivity index (χ0v) is 14.7. The van der Waals surface area contributed by atoms with Gasteiger partial charge in [0.15, 0.2) is 0 Å². The van der Waals surface area contributed by atoms with Gasteiger partial charge in [-0.15, -0.1) is 11.3 Å². The van der Waals surface area contributed by atoms with Gasteiger partial charge in [-0.3, -0.25) is 4.79 Å². The number of rotatable bonds is 5. The van der Waals surface area contributed by atoms with Gasteiger partial charge in [0.1, 0.15) is 0 Å². The van der Waals surface area contributed by atoms with Gasteiger partial charge < -0.3 is 15.3 Å². The smallest absolute Gasteiger partial charge is 0.230 e. The average molecular weight is 345 g/mol. The van der Waals surface area contributed by atoms with Gasteiger partial charge in [0.05, 0.1) is 34.6 Å². The summed E-state index contributed by atoms with van der Waals surface area (Å²) >= 11 is 1.60. The number of para-hydroxylation sites is 2. The first-order valence-corrected chi connectivity index (χ1v) is 9.29. The maximum absolute atomic E-state index is 12.4. The van der Waals surface area contributed by atoms with Crippen molar-refractivity contribution in [3.8, 4) is 0 Å². The summed E-state index contributed by atoms with van der Waals surface area (Å²) in [7, 11) is 0. The van der Waals surface area contributed by atoms with Crippen LogP contribution in [0.2, 0.25) is 0 Å². The molecule has 3 rings (SSSR count). The molecule has 1 aliphatic rings. The van der Waals surface area contributed by atoms with E-state index in [1.165, 1.54) is 0 Å². The van der Waals surface area contributed by atoms with E-state index in [9.17, 15) is 9.90 Å². The van der Waals surface area contributed by atoms with E-state index in [2.05, 4.69) is 22.1 Å². The molecule has 1 aromatic heterocycles. The predicted octanol–water partition coefficient (Wildman–Crippen LogP) is 2.85. The van der Waals surface area contributed by atoms with Crippen LogP contribution in [0.25, 0.3) is 0 Å². The summed E-state index contributed by atoms with van der Waals surface area (Å²) in [6.45, 7) is 3.68. The standard InChI is InChI=1S/C18H23N3O2S/c1-2-18-19-13(12-24-18)11-17(23)20-15-5-3-4-6-16(15)21-9-7-14(22)8-10-21/h3-6,12,14,22H,2,7-11H2,1H3,(H,20,23). The zero-order chi connectivity index (χ0) is 16.9. The second kappa shape index (κ2) is 7.77. The van der Waals surface area contributed by atoms with Gasteiger partial charge in [0.25, 0.3) is 0 Å². The average Bonchev–Trinajstić information content (AvgIpc) is 3.04. The van der Waals surface area contributed by atoms with E-state index >= 15 is 0 Å². The number of carbonyl (C=O) groups excluding carboxylic acids is 1. The number of hydrogen-bond donors (Lipinski definition) is 2. The molecular formula is C18H23N3O2S. The molecule has 6 heteroatoms. The summed E-state index contributed by atoms with van der Waals surface area (Å²) in [5, 5.41) is 15.7. The Labute approximate surface area is 146 Å². The SMILES string of the molecule is CCc1nc(CC(=O)Nc2ccccc2N2CCC(O)CC2)cs1. The fourth-order valence-corrected chi connectivity index (χ4v) is 3.66. The van der Waals surface area contributed by atoms with Crippen LogP contribution in [-0.2, 0) is 17.6 Å². The Morgan fingerprint density at radius 2 is 2.12 bits per heavy atom. The Balaban J connectivity index is 1.67. The molecule has 0 unspecified atom stereocenters. The minimum atomic E-state index is -0.208. The number of carbonyl (C=O) groups is 1. The Morgan fingerprint density at radius 1 is 1.38 bits per heavy atom. The second-order valence-electron chi connectivity index (χ2n) is 6.05. The van der Waals surface area contributed by atoms with E-state index in [-0.39, 0.29) is 12.0 Å². The molecule has 2 aromatic rings. The van der Waals surface area contributed by atoms with E-state index in [1.54, 1.807) is 11.3 Å². The second-order valence-corrected chi connectivity index (χ2v) is 6.99. The first-order chi connectivity index (χ1) is 11.7. The van der Waals surface area contributed by atoms with Crippen molar-refractivity contribution in [2.75, 3.05) is 23.3 Å². The van der Waals surface area contributed by atoms with Crippen LogP contribution >= 0.6 is 11.3 Å². The molecule has 0 saturated carbocycles. The number of aromatic nitrogens is 1. The Bertz CT molecular complexity index is 693. The van der Waals surface area contributed by atoms with Gasteiger partial charge in [-0.1, -0.05) is 19.1 Å². The molecular weight excluding hydrogens is 322 g/mol. The van der Waals surface area contributed by atoms with Crippen LogP contribution in [-0.4, -0.2) is 35.2 Å². The third kappa shape index (κ3) is 4.13. The Morgan fingerprint density at radius 3 is 2.83 bits per heavy atom. The first-order valence-electron chi connectivity index (χ1n) is 8.41. The molecule has 1 saturated heterocycles.